The quantitative estimate of drug-likeness (QED) is 0.864. The molecule has 1 fully saturated rings. The fraction of sp³-hybridized carbons (Fsp3) is 0.524. The molecule has 4 rings (SSSR count). The maximum Gasteiger partial charge on any atom is 0.135 e. The van der Waals surface area contributed by atoms with Crippen molar-refractivity contribution in [3.8, 4) is 0 Å². The summed E-state index contributed by atoms with van der Waals surface area (Å²) in [5.74, 6) is 2.00. The summed E-state index contributed by atoms with van der Waals surface area (Å²) >= 11 is 0. The van der Waals surface area contributed by atoms with Crippen molar-refractivity contribution in [2.45, 2.75) is 26.4 Å². The van der Waals surface area contributed by atoms with Gasteiger partial charge in [0, 0.05) is 57.9 Å². The Kier molecular flexibility index (Phi) is 5.66. The highest BCUT2D eigenvalue weighted by Crippen LogP contribution is 2.28. The molecule has 0 unspecified atom stereocenters. The summed E-state index contributed by atoms with van der Waals surface area (Å²) in [6.45, 7) is 9.82. The van der Waals surface area contributed by atoms with E-state index in [1.807, 2.05) is 6.92 Å². The van der Waals surface area contributed by atoms with Crippen LogP contribution in [0.25, 0.3) is 0 Å². The van der Waals surface area contributed by atoms with Crippen LogP contribution in [-0.4, -0.2) is 70.7 Å². The predicted molar refractivity (Wildman–Crippen MR) is 107 cm³/mol. The highest BCUT2D eigenvalue weighted by atomic mass is 16.3. The first kappa shape index (κ1) is 18.3. The van der Waals surface area contributed by atoms with Gasteiger partial charge in [-0.2, -0.15) is 0 Å². The number of rotatable bonds is 5. The van der Waals surface area contributed by atoms with Crippen LogP contribution in [0, 0.1) is 6.92 Å². The minimum absolute atomic E-state index is 0.235. The lowest BCUT2D eigenvalue weighted by Crippen LogP contribution is -2.48. The van der Waals surface area contributed by atoms with Gasteiger partial charge >= 0.3 is 0 Å². The Morgan fingerprint density at radius 3 is 2.48 bits per heavy atom. The number of anilines is 1. The topological polar surface area (TPSA) is 55.7 Å². The molecule has 6 nitrogen and oxygen atoms in total. The van der Waals surface area contributed by atoms with E-state index in [0.29, 0.717) is 0 Å². The van der Waals surface area contributed by atoms with Gasteiger partial charge in [0.05, 0.1) is 12.3 Å². The Morgan fingerprint density at radius 2 is 1.74 bits per heavy atom. The predicted octanol–water partition coefficient (Wildman–Crippen LogP) is 1.46. The molecular weight excluding hydrogens is 338 g/mol. The summed E-state index contributed by atoms with van der Waals surface area (Å²) in [6.07, 6.45) is 1.01. The van der Waals surface area contributed by atoms with Gasteiger partial charge in [0.2, 0.25) is 0 Å². The molecule has 1 aromatic heterocycles. The molecule has 1 N–H and O–H groups in total. The van der Waals surface area contributed by atoms with Crippen molar-refractivity contribution in [3.63, 3.8) is 0 Å². The van der Waals surface area contributed by atoms with Gasteiger partial charge < -0.3 is 10.0 Å². The minimum Gasteiger partial charge on any atom is -0.395 e. The largest absolute Gasteiger partial charge is 0.395 e. The number of piperazine rings is 1. The zero-order chi connectivity index (χ0) is 18.6. The minimum atomic E-state index is 0.235. The summed E-state index contributed by atoms with van der Waals surface area (Å²) in [6, 6.07) is 10.7. The molecule has 144 valence electrons. The maximum atomic E-state index is 9.15. The van der Waals surface area contributed by atoms with E-state index in [4.69, 9.17) is 15.1 Å². The number of nitrogens with zero attached hydrogens (tertiary/aromatic N) is 5. The second-order valence-corrected chi connectivity index (χ2v) is 7.52. The standard InChI is InChI=1S/C21H29N5O/c1-17-22-20-16-25(15-18-5-3-2-4-6-18)8-7-19(20)21(23-17)26-11-9-24(10-12-26)13-14-27/h2-6,27H,7-16H2,1H3. The van der Waals surface area contributed by atoms with Gasteiger partial charge in [-0.25, -0.2) is 9.97 Å². The first-order chi connectivity index (χ1) is 13.2. The average Bonchev–Trinajstić information content (AvgIpc) is 2.69. The van der Waals surface area contributed by atoms with E-state index in [-0.39, 0.29) is 6.61 Å². The van der Waals surface area contributed by atoms with Crippen LogP contribution in [0.5, 0.6) is 0 Å². The third-order valence-corrected chi connectivity index (χ3v) is 5.57. The molecular formula is C21H29N5O. The molecule has 2 aliphatic heterocycles. The van der Waals surface area contributed by atoms with Crippen molar-refractivity contribution >= 4 is 5.82 Å². The molecule has 3 heterocycles. The molecule has 2 aromatic rings. The van der Waals surface area contributed by atoms with Crippen molar-refractivity contribution in [1.29, 1.82) is 0 Å². The Morgan fingerprint density at radius 1 is 0.963 bits per heavy atom. The Balaban J connectivity index is 1.49. The first-order valence-electron chi connectivity index (χ1n) is 9.94. The lowest BCUT2D eigenvalue weighted by molar-refractivity contribution is 0.188. The number of aliphatic hydroxyl groups excluding tert-OH is 1. The number of aromatic nitrogens is 2. The van der Waals surface area contributed by atoms with E-state index in [1.165, 1.54) is 16.8 Å². The summed E-state index contributed by atoms with van der Waals surface area (Å²) in [5, 5.41) is 9.15. The monoisotopic (exact) mass is 367 g/mol. The lowest BCUT2D eigenvalue weighted by atomic mass is 10.0. The lowest BCUT2D eigenvalue weighted by Gasteiger charge is -2.37. The third-order valence-electron chi connectivity index (χ3n) is 5.57. The van der Waals surface area contributed by atoms with Gasteiger partial charge in [0.25, 0.3) is 0 Å². The highest BCUT2D eigenvalue weighted by Gasteiger charge is 2.26. The van der Waals surface area contributed by atoms with Crippen LogP contribution in [-0.2, 0) is 19.5 Å². The zero-order valence-electron chi connectivity index (χ0n) is 16.1. The fourth-order valence-corrected chi connectivity index (χ4v) is 4.15. The van der Waals surface area contributed by atoms with Gasteiger partial charge in [-0.3, -0.25) is 9.80 Å². The van der Waals surface area contributed by atoms with Crippen LogP contribution in [0.2, 0.25) is 0 Å². The molecule has 0 radical (unpaired) electrons. The van der Waals surface area contributed by atoms with E-state index < -0.39 is 0 Å². The third kappa shape index (κ3) is 4.29. The number of benzene rings is 1. The van der Waals surface area contributed by atoms with Crippen molar-refractivity contribution in [2.75, 3.05) is 50.8 Å². The molecule has 0 atom stereocenters. The van der Waals surface area contributed by atoms with Crippen molar-refractivity contribution in [3.05, 3.63) is 53.0 Å². The second-order valence-electron chi connectivity index (χ2n) is 7.52. The van der Waals surface area contributed by atoms with Gasteiger partial charge in [-0.15, -0.1) is 0 Å². The second kappa shape index (κ2) is 8.33. The molecule has 0 bridgehead atoms. The van der Waals surface area contributed by atoms with Gasteiger partial charge in [0.1, 0.15) is 11.6 Å². The fourth-order valence-electron chi connectivity index (χ4n) is 4.15. The van der Waals surface area contributed by atoms with Gasteiger partial charge in [-0.05, 0) is 18.9 Å². The SMILES string of the molecule is Cc1nc2c(c(N3CCN(CCO)CC3)n1)CCN(Cc1ccccc1)C2. The Bertz CT molecular complexity index is 759. The van der Waals surface area contributed by atoms with E-state index in [2.05, 4.69) is 45.0 Å². The normalized spacial score (nSPS) is 18.5. The number of β-amino-alcohol motifs (C(OH)–C–C–N with tert-alkyl or cyclic N) is 1. The van der Waals surface area contributed by atoms with Crippen molar-refractivity contribution in [2.24, 2.45) is 0 Å². The molecule has 6 heteroatoms. The van der Waals surface area contributed by atoms with E-state index >= 15 is 0 Å². The molecule has 0 amide bonds. The number of hydrogen-bond acceptors (Lipinski definition) is 6. The number of aryl methyl sites for hydroxylation is 1. The van der Waals surface area contributed by atoms with E-state index in [9.17, 15) is 0 Å². The summed E-state index contributed by atoms with van der Waals surface area (Å²) < 4.78 is 0. The average molecular weight is 367 g/mol. The smallest absolute Gasteiger partial charge is 0.135 e. The molecule has 0 aliphatic carbocycles. The van der Waals surface area contributed by atoms with Crippen LogP contribution in [0.3, 0.4) is 0 Å². The van der Waals surface area contributed by atoms with Crippen LogP contribution >= 0.6 is 0 Å². The number of aliphatic hydroxyl groups is 1. The molecule has 2 aliphatic rings. The first-order valence-corrected chi connectivity index (χ1v) is 9.94. The molecule has 0 saturated carbocycles. The van der Waals surface area contributed by atoms with Gasteiger partial charge in [-0.1, -0.05) is 30.3 Å². The van der Waals surface area contributed by atoms with E-state index in [0.717, 1.165) is 70.4 Å². The molecule has 27 heavy (non-hydrogen) atoms. The van der Waals surface area contributed by atoms with E-state index in [1.54, 1.807) is 0 Å². The summed E-state index contributed by atoms with van der Waals surface area (Å²) in [7, 11) is 0. The van der Waals surface area contributed by atoms with Crippen LogP contribution in [0.4, 0.5) is 5.82 Å². The van der Waals surface area contributed by atoms with Crippen molar-refractivity contribution in [1.82, 2.24) is 19.8 Å². The zero-order valence-corrected chi connectivity index (χ0v) is 16.1. The molecule has 1 aromatic carbocycles. The maximum absolute atomic E-state index is 9.15. The van der Waals surface area contributed by atoms with Crippen LogP contribution in [0.1, 0.15) is 22.6 Å². The molecule has 1 saturated heterocycles. The van der Waals surface area contributed by atoms with Crippen LogP contribution < -0.4 is 4.90 Å². The Labute approximate surface area is 161 Å². The van der Waals surface area contributed by atoms with Crippen molar-refractivity contribution < 1.29 is 5.11 Å². The Hall–Kier alpha value is -2.02. The van der Waals surface area contributed by atoms with Gasteiger partial charge in [0.15, 0.2) is 0 Å². The number of hydrogen-bond donors (Lipinski definition) is 1. The summed E-state index contributed by atoms with van der Waals surface area (Å²) in [4.78, 5) is 16.8. The highest BCUT2D eigenvalue weighted by molar-refractivity contribution is 5.51. The summed E-state index contributed by atoms with van der Waals surface area (Å²) in [5.41, 5.74) is 3.88. The molecule has 0 spiro atoms. The number of fused-ring (bicyclic) bond motifs is 1. The van der Waals surface area contributed by atoms with Crippen LogP contribution in [0.15, 0.2) is 30.3 Å².